The first-order valence-corrected chi connectivity index (χ1v) is 10.3. The Labute approximate surface area is 162 Å². The fourth-order valence-electron chi connectivity index (χ4n) is 2.52. The monoisotopic (exact) mass is 475 g/mol. The van der Waals surface area contributed by atoms with Crippen molar-refractivity contribution < 1.29 is 17.9 Å². The maximum atomic E-state index is 11.8. The van der Waals surface area contributed by atoms with Gasteiger partial charge in [-0.15, -0.1) is 24.0 Å². The molecule has 0 bridgehead atoms. The standard InChI is InChI=1S/C15H29N3O4S.HI/c1-4-16-15(17-9-6-12-23(3,20)21)18-10-7-13(8-11-18)14(19)22-5-2;/h13H,4-12H2,1-3H3,(H,16,17);1H. The summed E-state index contributed by atoms with van der Waals surface area (Å²) in [6.07, 6.45) is 3.27. The number of piperidine rings is 1. The van der Waals surface area contributed by atoms with Crippen LogP contribution in [0.25, 0.3) is 0 Å². The largest absolute Gasteiger partial charge is 0.466 e. The maximum absolute atomic E-state index is 11.8. The van der Waals surface area contributed by atoms with Crippen LogP contribution in [0.4, 0.5) is 0 Å². The summed E-state index contributed by atoms with van der Waals surface area (Å²) in [4.78, 5) is 18.4. The van der Waals surface area contributed by atoms with E-state index in [0.717, 1.165) is 38.4 Å². The average Bonchev–Trinajstić information content (AvgIpc) is 2.50. The summed E-state index contributed by atoms with van der Waals surface area (Å²) in [5.74, 6) is 0.811. The lowest BCUT2D eigenvalue weighted by Crippen LogP contribution is -2.46. The van der Waals surface area contributed by atoms with E-state index < -0.39 is 9.84 Å². The van der Waals surface area contributed by atoms with Crippen LogP contribution in [0, 0.1) is 5.92 Å². The molecule has 1 aliphatic heterocycles. The molecule has 0 atom stereocenters. The summed E-state index contributed by atoms with van der Waals surface area (Å²) in [5.41, 5.74) is 0. The molecule has 142 valence electrons. The summed E-state index contributed by atoms with van der Waals surface area (Å²) in [5, 5.41) is 3.23. The summed E-state index contributed by atoms with van der Waals surface area (Å²) in [7, 11) is -2.94. The molecule has 24 heavy (non-hydrogen) atoms. The van der Waals surface area contributed by atoms with Crippen molar-refractivity contribution in [1.29, 1.82) is 0 Å². The minimum absolute atomic E-state index is 0. The van der Waals surface area contributed by atoms with E-state index in [1.54, 1.807) is 0 Å². The zero-order valence-electron chi connectivity index (χ0n) is 14.8. The van der Waals surface area contributed by atoms with E-state index in [1.807, 2.05) is 13.8 Å². The number of esters is 1. The summed E-state index contributed by atoms with van der Waals surface area (Å²) in [6, 6.07) is 0. The number of aliphatic imine (C=N–C) groups is 1. The van der Waals surface area contributed by atoms with Crippen molar-refractivity contribution in [3.05, 3.63) is 0 Å². The van der Waals surface area contributed by atoms with Crippen LogP contribution in [0.15, 0.2) is 4.99 Å². The lowest BCUT2D eigenvalue weighted by Gasteiger charge is -2.33. The molecule has 0 aromatic rings. The highest BCUT2D eigenvalue weighted by Crippen LogP contribution is 2.18. The second kappa shape index (κ2) is 11.9. The molecule has 0 aliphatic carbocycles. The fraction of sp³-hybridized carbons (Fsp3) is 0.867. The predicted octanol–water partition coefficient (Wildman–Crippen LogP) is 1.28. The van der Waals surface area contributed by atoms with E-state index >= 15 is 0 Å². The average molecular weight is 475 g/mol. The van der Waals surface area contributed by atoms with Gasteiger partial charge in [-0.25, -0.2) is 8.42 Å². The Morgan fingerprint density at radius 2 is 1.92 bits per heavy atom. The highest BCUT2D eigenvalue weighted by Gasteiger charge is 2.27. The van der Waals surface area contributed by atoms with Gasteiger partial charge in [-0.3, -0.25) is 9.79 Å². The van der Waals surface area contributed by atoms with Crippen molar-refractivity contribution in [2.45, 2.75) is 33.1 Å². The number of carbonyl (C=O) groups is 1. The zero-order valence-corrected chi connectivity index (χ0v) is 17.9. The third-order valence-electron chi connectivity index (χ3n) is 3.68. The number of sulfone groups is 1. The first-order valence-electron chi connectivity index (χ1n) is 8.25. The van der Waals surface area contributed by atoms with Gasteiger partial charge in [0.05, 0.1) is 18.3 Å². The molecule has 1 aliphatic rings. The van der Waals surface area contributed by atoms with Crippen LogP contribution in [0.3, 0.4) is 0 Å². The number of likely N-dealkylation sites (tertiary alicyclic amines) is 1. The Morgan fingerprint density at radius 3 is 2.42 bits per heavy atom. The second-order valence-electron chi connectivity index (χ2n) is 5.73. The number of halogens is 1. The van der Waals surface area contributed by atoms with Crippen molar-refractivity contribution in [2.75, 3.05) is 44.8 Å². The first kappa shape index (κ1) is 23.4. The van der Waals surface area contributed by atoms with Gasteiger partial charge in [-0.2, -0.15) is 0 Å². The molecule has 1 saturated heterocycles. The van der Waals surface area contributed by atoms with Crippen molar-refractivity contribution in [3.63, 3.8) is 0 Å². The molecule has 0 saturated carbocycles. The van der Waals surface area contributed by atoms with E-state index in [9.17, 15) is 13.2 Å². The molecule has 0 unspecified atom stereocenters. The van der Waals surface area contributed by atoms with Crippen LogP contribution in [0.2, 0.25) is 0 Å². The van der Waals surface area contributed by atoms with Crippen molar-refractivity contribution in [1.82, 2.24) is 10.2 Å². The van der Waals surface area contributed by atoms with E-state index in [1.165, 1.54) is 6.26 Å². The number of rotatable bonds is 7. The number of hydrogen-bond donors (Lipinski definition) is 1. The molecule has 0 amide bonds. The third kappa shape index (κ3) is 9.05. The Balaban J connectivity index is 0.00000529. The van der Waals surface area contributed by atoms with Gasteiger partial charge < -0.3 is 15.0 Å². The lowest BCUT2D eigenvalue weighted by atomic mass is 9.97. The van der Waals surface area contributed by atoms with Gasteiger partial charge in [-0.1, -0.05) is 0 Å². The molecular weight excluding hydrogens is 445 g/mol. The van der Waals surface area contributed by atoms with E-state index in [2.05, 4.69) is 15.2 Å². The van der Waals surface area contributed by atoms with Crippen LogP contribution in [-0.4, -0.2) is 70.0 Å². The number of guanidine groups is 1. The van der Waals surface area contributed by atoms with Gasteiger partial charge in [0.1, 0.15) is 9.84 Å². The number of nitrogens with one attached hydrogen (secondary N) is 1. The molecule has 1 N–H and O–H groups in total. The maximum Gasteiger partial charge on any atom is 0.309 e. The van der Waals surface area contributed by atoms with Gasteiger partial charge in [-0.05, 0) is 33.1 Å². The molecule has 0 aromatic carbocycles. The number of nitrogens with zero attached hydrogens (tertiary/aromatic N) is 2. The Hall–Kier alpha value is -0.580. The molecule has 1 rings (SSSR count). The first-order chi connectivity index (χ1) is 10.9. The highest BCUT2D eigenvalue weighted by molar-refractivity contribution is 14.0. The molecular formula is C15H30IN3O4S. The second-order valence-corrected chi connectivity index (χ2v) is 7.99. The van der Waals surface area contributed by atoms with Crippen LogP contribution in [0.5, 0.6) is 0 Å². The molecule has 7 nitrogen and oxygen atoms in total. The minimum atomic E-state index is -2.94. The van der Waals surface area contributed by atoms with Crippen LogP contribution in [0.1, 0.15) is 33.1 Å². The predicted molar refractivity (Wildman–Crippen MR) is 107 cm³/mol. The number of ether oxygens (including phenoxy) is 1. The normalized spacial score (nSPS) is 16.5. The molecule has 1 heterocycles. The smallest absolute Gasteiger partial charge is 0.309 e. The van der Waals surface area contributed by atoms with Gasteiger partial charge >= 0.3 is 5.97 Å². The zero-order chi connectivity index (χ0) is 17.3. The number of hydrogen-bond acceptors (Lipinski definition) is 5. The van der Waals surface area contributed by atoms with Crippen molar-refractivity contribution in [2.24, 2.45) is 10.9 Å². The van der Waals surface area contributed by atoms with Crippen LogP contribution >= 0.6 is 24.0 Å². The van der Waals surface area contributed by atoms with E-state index in [0.29, 0.717) is 19.6 Å². The highest BCUT2D eigenvalue weighted by atomic mass is 127. The minimum Gasteiger partial charge on any atom is -0.466 e. The van der Waals surface area contributed by atoms with Crippen LogP contribution in [-0.2, 0) is 19.4 Å². The third-order valence-corrected chi connectivity index (χ3v) is 4.71. The summed E-state index contributed by atoms with van der Waals surface area (Å²) in [6.45, 7) is 6.97. The van der Waals surface area contributed by atoms with Crippen LogP contribution < -0.4 is 5.32 Å². The lowest BCUT2D eigenvalue weighted by molar-refractivity contribution is -0.149. The Morgan fingerprint density at radius 1 is 1.29 bits per heavy atom. The topological polar surface area (TPSA) is 88.1 Å². The molecule has 1 fully saturated rings. The van der Waals surface area contributed by atoms with E-state index in [-0.39, 0.29) is 41.6 Å². The van der Waals surface area contributed by atoms with Gasteiger partial charge in [0.25, 0.3) is 0 Å². The van der Waals surface area contributed by atoms with E-state index in [4.69, 9.17) is 4.74 Å². The van der Waals surface area contributed by atoms with Gasteiger partial charge in [0, 0.05) is 32.4 Å². The molecule has 0 spiro atoms. The van der Waals surface area contributed by atoms with Gasteiger partial charge in [0.15, 0.2) is 5.96 Å². The van der Waals surface area contributed by atoms with Crippen molar-refractivity contribution in [3.8, 4) is 0 Å². The molecule has 0 radical (unpaired) electrons. The fourth-order valence-corrected chi connectivity index (χ4v) is 3.18. The molecule has 0 aromatic heterocycles. The SMILES string of the molecule is CCNC(=NCCCS(C)(=O)=O)N1CCC(C(=O)OCC)CC1.I. The van der Waals surface area contributed by atoms with Crippen molar-refractivity contribution >= 4 is 45.7 Å². The number of carbonyl (C=O) groups excluding carboxylic acids is 1. The quantitative estimate of drug-likeness (QED) is 0.196. The van der Waals surface area contributed by atoms with Gasteiger partial charge in [0.2, 0.25) is 0 Å². The Kier molecular flexibility index (Phi) is 11.6. The Bertz CT molecular complexity index is 503. The summed E-state index contributed by atoms with van der Waals surface area (Å²) >= 11 is 0. The molecule has 9 heteroatoms. The summed E-state index contributed by atoms with van der Waals surface area (Å²) < 4.78 is 27.4.